The number of halogens is 1. The lowest BCUT2D eigenvalue weighted by atomic mass is 9.99. The number of ether oxygens (including phenoxy) is 1. The third-order valence-electron chi connectivity index (χ3n) is 8.63. The number of piperazine rings is 1. The molecule has 2 aromatic carbocycles. The number of amides is 1. The van der Waals surface area contributed by atoms with E-state index in [1.807, 2.05) is 30.3 Å². The van der Waals surface area contributed by atoms with Gasteiger partial charge in [-0.1, -0.05) is 23.7 Å². The molecule has 0 spiro atoms. The molecule has 6 rings (SSSR count). The second kappa shape index (κ2) is 12.3. The quantitative estimate of drug-likeness (QED) is 0.296. The highest BCUT2D eigenvalue weighted by Crippen LogP contribution is 2.42. The summed E-state index contributed by atoms with van der Waals surface area (Å²) in [6, 6.07) is 12.3. The van der Waals surface area contributed by atoms with Gasteiger partial charge in [-0.2, -0.15) is 4.98 Å². The summed E-state index contributed by atoms with van der Waals surface area (Å²) in [6.45, 7) is 10.4. The molecule has 1 atom stereocenters. The SMILES string of the molecule is C#CC(=O)N1CCC(N2CCN3c4c(C)cc(Nc5ncc(Cl)c(Nc6ccccc6P(C)(C)=O)n5)cc4OC[C@@H]3C2)CC1. The van der Waals surface area contributed by atoms with E-state index in [4.69, 9.17) is 22.8 Å². The predicted molar refractivity (Wildman–Crippen MR) is 177 cm³/mol. The van der Waals surface area contributed by atoms with E-state index in [2.05, 4.69) is 49.3 Å². The Morgan fingerprint density at radius 2 is 1.89 bits per heavy atom. The van der Waals surface area contributed by atoms with E-state index in [0.717, 1.165) is 60.5 Å². The first kappa shape index (κ1) is 30.3. The van der Waals surface area contributed by atoms with E-state index in [-0.39, 0.29) is 11.9 Å². The van der Waals surface area contributed by atoms with Crippen molar-refractivity contribution in [2.45, 2.75) is 31.8 Å². The van der Waals surface area contributed by atoms with Crippen molar-refractivity contribution in [3.63, 3.8) is 0 Å². The highest BCUT2D eigenvalue weighted by Gasteiger charge is 2.37. The van der Waals surface area contributed by atoms with Gasteiger partial charge in [0.25, 0.3) is 5.91 Å². The van der Waals surface area contributed by atoms with Gasteiger partial charge in [-0.15, -0.1) is 6.42 Å². The Morgan fingerprint density at radius 3 is 2.64 bits per heavy atom. The number of aromatic nitrogens is 2. The summed E-state index contributed by atoms with van der Waals surface area (Å²) in [5, 5.41) is 7.64. The minimum atomic E-state index is -2.52. The molecular weight excluding hydrogens is 597 g/mol. The summed E-state index contributed by atoms with van der Waals surface area (Å²) in [4.78, 5) is 27.7. The fourth-order valence-electron chi connectivity index (χ4n) is 6.48. The van der Waals surface area contributed by atoms with Crippen LogP contribution in [0.5, 0.6) is 5.75 Å². The molecule has 0 radical (unpaired) electrons. The van der Waals surface area contributed by atoms with Gasteiger partial charge in [-0.05, 0) is 62.8 Å². The molecule has 10 nitrogen and oxygen atoms in total. The standard InChI is InChI=1S/C32H37ClN7O3P/c1-5-29(41)38-12-10-23(11-13-38)39-14-15-40-24(19-39)20-43-27-17-22(16-21(2)30(27)40)35-32-34-18-25(33)31(37-32)36-26-8-6-7-9-28(26)44(3,4)42/h1,6-9,16-18,23-24H,10-15,19-20H2,2-4H3,(H2,34,35,36,37)/t24-/m0/s1. The van der Waals surface area contributed by atoms with E-state index in [1.54, 1.807) is 24.4 Å². The maximum Gasteiger partial charge on any atom is 0.298 e. The Hall–Kier alpha value is -3.77. The Labute approximate surface area is 263 Å². The van der Waals surface area contributed by atoms with Gasteiger partial charge in [-0.3, -0.25) is 9.69 Å². The molecule has 0 saturated carbocycles. The molecule has 1 amide bonds. The zero-order valence-electron chi connectivity index (χ0n) is 25.2. The van der Waals surface area contributed by atoms with Crippen LogP contribution in [0.1, 0.15) is 18.4 Å². The lowest BCUT2D eigenvalue weighted by Crippen LogP contribution is -2.60. The van der Waals surface area contributed by atoms with Gasteiger partial charge in [0, 0.05) is 55.8 Å². The van der Waals surface area contributed by atoms with Crippen molar-refractivity contribution in [1.29, 1.82) is 0 Å². The first-order chi connectivity index (χ1) is 21.1. The fraction of sp³-hybridized carbons (Fsp3) is 0.406. The number of piperidine rings is 1. The molecule has 3 aromatic rings. The van der Waals surface area contributed by atoms with Crippen LogP contribution < -0.4 is 25.6 Å². The van der Waals surface area contributed by atoms with Crippen molar-refractivity contribution in [2.24, 2.45) is 0 Å². The number of hydrogen-bond donors (Lipinski definition) is 2. The summed E-state index contributed by atoms with van der Waals surface area (Å²) >= 11 is 6.45. The summed E-state index contributed by atoms with van der Waals surface area (Å²) < 4.78 is 19.2. The number of aryl methyl sites for hydroxylation is 1. The zero-order chi connectivity index (χ0) is 31.0. The number of nitrogens with zero attached hydrogens (tertiary/aromatic N) is 5. The molecule has 12 heteroatoms. The van der Waals surface area contributed by atoms with Gasteiger partial charge in [0.15, 0.2) is 5.82 Å². The average Bonchev–Trinajstić information content (AvgIpc) is 3.01. The zero-order valence-corrected chi connectivity index (χ0v) is 26.9. The van der Waals surface area contributed by atoms with Crippen LogP contribution >= 0.6 is 18.7 Å². The smallest absolute Gasteiger partial charge is 0.298 e. The summed E-state index contributed by atoms with van der Waals surface area (Å²) in [6.07, 6.45) is 8.74. The monoisotopic (exact) mass is 633 g/mol. The third-order valence-corrected chi connectivity index (χ3v) is 10.5. The molecule has 1 aromatic heterocycles. The molecule has 2 fully saturated rings. The third kappa shape index (κ3) is 6.23. The van der Waals surface area contributed by atoms with Gasteiger partial charge in [-0.25, -0.2) is 4.98 Å². The van der Waals surface area contributed by atoms with Crippen LogP contribution in [0.2, 0.25) is 5.02 Å². The number of benzene rings is 2. The Bertz CT molecular complexity index is 1660. The number of carbonyl (C=O) groups excluding carboxylic acids is 1. The number of terminal acetylenes is 1. The van der Waals surface area contributed by atoms with E-state index >= 15 is 0 Å². The summed E-state index contributed by atoms with van der Waals surface area (Å²) in [7, 11) is -2.52. The number of nitrogens with one attached hydrogen (secondary N) is 2. The van der Waals surface area contributed by atoms with Crippen LogP contribution in [0.3, 0.4) is 0 Å². The van der Waals surface area contributed by atoms with Crippen molar-refractivity contribution in [1.82, 2.24) is 19.8 Å². The van der Waals surface area contributed by atoms with Crippen LogP contribution in [0.25, 0.3) is 0 Å². The largest absolute Gasteiger partial charge is 0.489 e. The Balaban J connectivity index is 1.14. The Kier molecular flexibility index (Phi) is 8.47. The van der Waals surface area contributed by atoms with E-state index in [0.29, 0.717) is 48.2 Å². The van der Waals surface area contributed by atoms with Gasteiger partial charge in [0.1, 0.15) is 24.5 Å². The topological polar surface area (TPSA) is 103 Å². The molecule has 0 unspecified atom stereocenters. The normalized spacial score (nSPS) is 18.9. The maximum absolute atomic E-state index is 12.8. The average molecular weight is 634 g/mol. The van der Waals surface area contributed by atoms with Crippen molar-refractivity contribution in [3.05, 3.63) is 53.2 Å². The molecule has 2 saturated heterocycles. The van der Waals surface area contributed by atoms with Crippen molar-refractivity contribution < 1.29 is 14.1 Å². The minimum Gasteiger partial charge on any atom is -0.489 e. The predicted octanol–water partition coefficient (Wildman–Crippen LogP) is 4.68. The van der Waals surface area contributed by atoms with E-state index in [1.165, 1.54) is 0 Å². The molecule has 230 valence electrons. The van der Waals surface area contributed by atoms with Crippen LogP contribution in [0.4, 0.5) is 28.8 Å². The number of hydrogen-bond acceptors (Lipinski definition) is 9. The lowest BCUT2D eigenvalue weighted by molar-refractivity contribution is -0.126. The fourth-order valence-corrected chi connectivity index (χ4v) is 7.77. The second-order valence-electron chi connectivity index (χ2n) is 12.0. The van der Waals surface area contributed by atoms with Gasteiger partial charge in [0.05, 0.1) is 23.6 Å². The molecule has 3 aliphatic rings. The molecule has 44 heavy (non-hydrogen) atoms. The van der Waals surface area contributed by atoms with E-state index < -0.39 is 7.14 Å². The van der Waals surface area contributed by atoms with Crippen LogP contribution in [0.15, 0.2) is 42.6 Å². The first-order valence-electron chi connectivity index (χ1n) is 14.9. The van der Waals surface area contributed by atoms with Crippen molar-refractivity contribution in [2.75, 3.05) is 68.2 Å². The number of likely N-dealkylation sites (tertiary alicyclic amines) is 1. The van der Waals surface area contributed by atoms with E-state index in [9.17, 15) is 9.36 Å². The summed E-state index contributed by atoms with van der Waals surface area (Å²) in [5.74, 6) is 3.67. The number of anilines is 5. The number of carbonyl (C=O) groups is 1. The molecule has 2 N–H and O–H groups in total. The highest BCUT2D eigenvalue weighted by molar-refractivity contribution is 7.70. The first-order valence-corrected chi connectivity index (χ1v) is 17.8. The van der Waals surface area contributed by atoms with Crippen LogP contribution in [0, 0.1) is 19.3 Å². The lowest BCUT2D eigenvalue weighted by Gasteiger charge is -2.49. The summed E-state index contributed by atoms with van der Waals surface area (Å²) in [5.41, 5.74) is 3.74. The van der Waals surface area contributed by atoms with Gasteiger partial charge < -0.3 is 29.7 Å². The van der Waals surface area contributed by atoms with Crippen LogP contribution in [-0.4, -0.2) is 90.4 Å². The number of para-hydroxylation sites is 1. The van der Waals surface area contributed by atoms with Crippen molar-refractivity contribution >= 4 is 58.8 Å². The number of fused-ring (bicyclic) bond motifs is 3. The molecule has 3 aliphatic heterocycles. The highest BCUT2D eigenvalue weighted by atomic mass is 35.5. The van der Waals surface area contributed by atoms with Crippen LogP contribution in [-0.2, 0) is 9.36 Å². The van der Waals surface area contributed by atoms with Crippen molar-refractivity contribution in [3.8, 4) is 18.1 Å². The van der Waals surface area contributed by atoms with Gasteiger partial charge in [0.2, 0.25) is 5.95 Å². The molecule has 4 heterocycles. The molecule has 0 aliphatic carbocycles. The maximum atomic E-state index is 12.8. The minimum absolute atomic E-state index is 0.207. The molecular formula is C32H37ClN7O3P. The Morgan fingerprint density at radius 1 is 1.11 bits per heavy atom. The number of rotatable bonds is 6. The molecule has 0 bridgehead atoms. The van der Waals surface area contributed by atoms with Gasteiger partial charge >= 0.3 is 0 Å². The second-order valence-corrected chi connectivity index (χ2v) is 15.6.